The van der Waals surface area contributed by atoms with Crippen LogP contribution in [0.2, 0.25) is 0 Å². The summed E-state index contributed by atoms with van der Waals surface area (Å²) in [7, 11) is 1.28. The zero-order valence-electron chi connectivity index (χ0n) is 8.54. The average Bonchev–Trinajstić information content (AvgIpc) is 2.75. The Morgan fingerprint density at radius 2 is 2.40 bits per heavy atom. The Morgan fingerprint density at radius 3 is 3.00 bits per heavy atom. The second-order valence-corrected chi connectivity index (χ2v) is 3.49. The number of hydrogen-bond donors (Lipinski definition) is 3. The Balaban J connectivity index is 2.05. The SMILES string of the molecule is COC(=O)NNC(=S)NC[C@@H]1CCCO1. The lowest BCUT2D eigenvalue weighted by Gasteiger charge is -2.13. The number of amides is 1. The summed E-state index contributed by atoms with van der Waals surface area (Å²) >= 11 is 4.91. The minimum absolute atomic E-state index is 0.211. The molecule has 86 valence electrons. The van der Waals surface area contributed by atoms with Gasteiger partial charge in [0, 0.05) is 13.2 Å². The van der Waals surface area contributed by atoms with E-state index in [4.69, 9.17) is 17.0 Å². The molecular formula is C8H15N3O3S. The molecule has 0 aromatic heterocycles. The van der Waals surface area contributed by atoms with Crippen LogP contribution < -0.4 is 16.2 Å². The van der Waals surface area contributed by atoms with Gasteiger partial charge in [-0.05, 0) is 25.1 Å². The second-order valence-electron chi connectivity index (χ2n) is 3.09. The first kappa shape index (κ1) is 12.0. The molecule has 0 radical (unpaired) electrons. The van der Waals surface area contributed by atoms with Crippen LogP contribution in [0.1, 0.15) is 12.8 Å². The van der Waals surface area contributed by atoms with E-state index in [-0.39, 0.29) is 6.10 Å². The molecule has 0 aliphatic carbocycles. The van der Waals surface area contributed by atoms with Gasteiger partial charge in [-0.1, -0.05) is 0 Å². The van der Waals surface area contributed by atoms with Crippen LogP contribution in [0.15, 0.2) is 0 Å². The van der Waals surface area contributed by atoms with E-state index in [1.165, 1.54) is 7.11 Å². The van der Waals surface area contributed by atoms with Crippen molar-refractivity contribution in [3.05, 3.63) is 0 Å². The number of hydrazine groups is 1. The number of ether oxygens (including phenoxy) is 2. The van der Waals surface area contributed by atoms with Crippen LogP contribution in [0.5, 0.6) is 0 Å². The Hall–Kier alpha value is -1.08. The van der Waals surface area contributed by atoms with E-state index in [1.54, 1.807) is 0 Å². The number of methoxy groups -OCH3 is 1. The predicted molar refractivity (Wildman–Crippen MR) is 58.3 cm³/mol. The summed E-state index contributed by atoms with van der Waals surface area (Å²) in [4.78, 5) is 10.7. The summed E-state index contributed by atoms with van der Waals surface area (Å²) in [6, 6.07) is 0. The number of nitrogens with one attached hydrogen (secondary N) is 3. The Morgan fingerprint density at radius 1 is 1.60 bits per heavy atom. The van der Waals surface area contributed by atoms with Gasteiger partial charge in [0.25, 0.3) is 0 Å². The summed E-state index contributed by atoms with van der Waals surface area (Å²) in [5.41, 5.74) is 4.75. The summed E-state index contributed by atoms with van der Waals surface area (Å²) in [6.45, 7) is 1.46. The van der Waals surface area contributed by atoms with Gasteiger partial charge in [0.15, 0.2) is 5.11 Å². The van der Waals surface area contributed by atoms with Gasteiger partial charge in [-0.15, -0.1) is 0 Å². The van der Waals surface area contributed by atoms with Gasteiger partial charge in [0.1, 0.15) is 0 Å². The Bertz CT molecular complexity index is 231. The highest BCUT2D eigenvalue weighted by atomic mass is 32.1. The molecular weight excluding hydrogens is 218 g/mol. The molecule has 0 unspecified atom stereocenters. The van der Waals surface area contributed by atoms with Gasteiger partial charge in [0.05, 0.1) is 13.2 Å². The van der Waals surface area contributed by atoms with Gasteiger partial charge >= 0.3 is 6.09 Å². The van der Waals surface area contributed by atoms with Gasteiger partial charge in [0.2, 0.25) is 0 Å². The molecule has 3 N–H and O–H groups in total. The maximum atomic E-state index is 10.7. The Labute approximate surface area is 93.7 Å². The van der Waals surface area contributed by atoms with Crippen LogP contribution in [0, 0.1) is 0 Å². The maximum absolute atomic E-state index is 10.7. The van der Waals surface area contributed by atoms with E-state index in [0.29, 0.717) is 11.7 Å². The van der Waals surface area contributed by atoms with Crippen molar-refractivity contribution in [2.45, 2.75) is 18.9 Å². The van der Waals surface area contributed by atoms with Crippen molar-refractivity contribution in [3.8, 4) is 0 Å². The van der Waals surface area contributed by atoms with Crippen molar-refractivity contribution in [1.82, 2.24) is 16.2 Å². The zero-order chi connectivity index (χ0) is 11.1. The van der Waals surface area contributed by atoms with E-state index in [0.717, 1.165) is 19.4 Å². The van der Waals surface area contributed by atoms with Crippen molar-refractivity contribution in [3.63, 3.8) is 0 Å². The number of carbonyl (C=O) groups excluding carboxylic acids is 1. The molecule has 0 bridgehead atoms. The van der Waals surface area contributed by atoms with Crippen molar-refractivity contribution in [2.75, 3.05) is 20.3 Å². The molecule has 1 atom stereocenters. The third-order valence-corrected chi connectivity index (χ3v) is 2.22. The lowest BCUT2D eigenvalue weighted by atomic mass is 10.2. The number of carbonyl (C=O) groups is 1. The van der Waals surface area contributed by atoms with Crippen LogP contribution in [-0.4, -0.2) is 37.6 Å². The number of hydrogen-bond acceptors (Lipinski definition) is 4. The molecule has 7 heteroatoms. The molecule has 1 amide bonds. The third kappa shape index (κ3) is 4.80. The van der Waals surface area contributed by atoms with Gasteiger partial charge < -0.3 is 14.8 Å². The Kier molecular flexibility index (Phi) is 5.13. The van der Waals surface area contributed by atoms with Crippen LogP contribution in [0.4, 0.5) is 4.79 Å². The lowest BCUT2D eigenvalue weighted by molar-refractivity contribution is 0.114. The first-order chi connectivity index (χ1) is 7.22. The van der Waals surface area contributed by atoms with Gasteiger partial charge in [-0.3, -0.25) is 5.43 Å². The smallest absolute Gasteiger partial charge is 0.425 e. The summed E-state index contributed by atoms with van der Waals surface area (Å²) in [6.07, 6.45) is 1.76. The van der Waals surface area contributed by atoms with Crippen LogP contribution in [0.25, 0.3) is 0 Å². The monoisotopic (exact) mass is 233 g/mol. The first-order valence-corrected chi connectivity index (χ1v) is 5.12. The van der Waals surface area contributed by atoms with Crippen molar-refractivity contribution < 1.29 is 14.3 Å². The van der Waals surface area contributed by atoms with E-state index in [2.05, 4.69) is 20.9 Å². The van der Waals surface area contributed by atoms with Gasteiger partial charge in [-0.2, -0.15) is 0 Å². The van der Waals surface area contributed by atoms with E-state index in [9.17, 15) is 4.79 Å². The second kappa shape index (κ2) is 6.41. The molecule has 6 nitrogen and oxygen atoms in total. The molecule has 15 heavy (non-hydrogen) atoms. The normalized spacial score (nSPS) is 19.4. The predicted octanol–water partition coefficient (Wildman–Crippen LogP) is -0.0995. The molecule has 1 rings (SSSR count). The standard InChI is InChI=1S/C8H15N3O3S/c1-13-8(12)11-10-7(15)9-5-6-3-2-4-14-6/h6H,2-5H2,1H3,(H,11,12)(H2,9,10,15)/t6-/m0/s1. The molecule has 1 aliphatic rings. The molecule has 1 saturated heterocycles. The summed E-state index contributed by atoms with van der Waals surface area (Å²) in [5, 5.41) is 3.27. The van der Waals surface area contributed by atoms with Crippen molar-refractivity contribution in [1.29, 1.82) is 0 Å². The van der Waals surface area contributed by atoms with Crippen molar-refractivity contribution >= 4 is 23.4 Å². The third-order valence-electron chi connectivity index (χ3n) is 1.98. The minimum atomic E-state index is -0.587. The quantitative estimate of drug-likeness (QED) is 0.457. The topological polar surface area (TPSA) is 71.6 Å². The van der Waals surface area contributed by atoms with Crippen LogP contribution >= 0.6 is 12.2 Å². The average molecular weight is 233 g/mol. The fraction of sp³-hybridized carbons (Fsp3) is 0.750. The largest absolute Gasteiger partial charge is 0.452 e. The fourth-order valence-corrected chi connectivity index (χ4v) is 1.35. The zero-order valence-corrected chi connectivity index (χ0v) is 9.36. The molecule has 0 aromatic rings. The fourth-order valence-electron chi connectivity index (χ4n) is 1.21. The van der Waals surface area contributed by atoms with E-state index < -0.39 is 6.09 Å². The van der Waals surface area contributed by atoms with E-state index in [1.807, 2.05) is 0 Å². The van der Waals surface area contributed by atoms with Gasteiger partial charge in [-0.25, -0.2) is 10.2 Å². The molecule has 0 spiro atoms. The summed E-state index contributed by atoms with van der Waals surface area (Å²) in [5.74, 6) is 0. The van der Waals surface area contributed by atoms with E-state index >= 15 is 0 Å². The van der Waals surface area contributed by atoms with Crippen LogP contribution in [0.3, 0.4) is 0 Å². The highest BCUT2D eigenvalue weighted by Crippen LogP contribution is 2.10. The molecule has 0 saturated carbocycles. The maximum Gasteiger partial charge on any atom is 0.425 e. The minimum Gasteiger partial charge on any atom is -0.452 e. The number of rotatable bonds is 2. The molecule has 1 aliphatic heterocycles. The molecule has 1 heterocycles. The first-order valence-electron chi connectivity index (χ1n) is 4.72. The molecule has 1 fully saturated rings. The molecule has 0 aromatic carbocycles. The van der Waals surface area contributed by atoms with Crippen LogP contribution in [-0.2, 0) is 9.47 Å². The highest BCUT2D eigenvalue weighted by molar-refractivity contribution is 7.80. The van der Waals surface area contributed by atoms with Crippen molar-refractivity contribution in [2.24, 2.45) is 0 Å². The highest BCUT2D eigenvalue weighted by Gasteiger charge is 2.15. The summed E-state index contributed by atoms with van der Waals surface area (Å²) < 4.78 is 9.74. The number of thiocarbonyl (C=S) groups is 1. The lowest BCUT2D eigenvalue weighted by Crippen LogP contribution is -2.48.